The molecule has 54 heavy (non-hydrogen) atoms. The average molecular weight is 943 g/mol. The Labute approximate surface area is 295 Å². The number of hydrogen-bond donors (Lipinski definition) is 0. The van der Waals surface area contributed by atoms with Crippen molar-refractivity contribution in [3.05, 3.63) is 35.4 Å². The molecular formula is C18H18F12O18S6. The van der Waals surface area contributed by atoms with E-state index in [0.29, 0.717) is 0 Å². The summed E-state index contributed by atoms with van der Waals surface area (Å²) in [5.41, 5.74) is -4.79. The van der Waals surface area contributed by atoms with Crippen LogP contribution in [0.4, 0.5) is 52.7 Å². The summed E-state index contributed by atoms with van der Waals surface area (Å²) in [7, 11) is -39.2. The first kappa shape index (κ1) is 49.9. The third-order valence-corrected chi connectivity index (χ3v) is 9.72. The largest absolute Gasteiger partial charge is 0.403 e. The summed E-state index contributed by atoms with van der Waals surface area (Å²) in [6, 6.07) is -20.2. The van der Waals surface area contributed by atoms with Gasteiger partial charge in [-0.25, -0.2) is 51.4 Å². The van der Waals surface area contributed by atoms with Crippen LogP contribution in [0.3, 0.4) is 0 Å². The van der Waals surface area contributed by atoms with Gasteiger partial charge < -0.3 is 0 Å². The van der Waals surface area contributed by atoms with Gasteiger partial charge in [0, 0.05) is 0 Å². The molecule has 0 bridgehead atoms. The Hall–Kier alpha value is -2.16. The Bertz CT molecular complexity index is 1810. The molecule has 0 aliphatic rings. The smallest absolute Gasteiger partial charge is 0.231 e. The molecule has 0 radical (unpaired) electrons. The summed E-state index contributed by atoms with van der Waals surface area (Å²) in [5, 5.41) is 0. The minimum Gasteiger partial charge on any atom is -0.231 e. The van der Waals surface area contributed by atoms with E-state index < -0.39 is 150 Å². The maximum Gasteiger partial charge on any atom is 0.403 e. The molecule has 318 valence electrons. The van der Waals surface area contributed by atoms with Crippen LogP contribution >= 0.6 is 0 Å². The third kappa shape index (κ3) is 13.5. The van der Waals surface area contributed by atoms with E-state index in [2.05, 4.69) is 25.1 Å². The van der Waals surface area contributed by atoms with Crippen molar-refractivity contribution in [2.75, 3.05) is 36.0 Å². The van der Waals surface area contributed by atoms with Gasteiger partial charge in [0.1, 0.15) is 0 Å². The molecule has 0 aliphatic heterocycles. The number of hydrogen-bond acceptors (Lipinski definition) is 18. The van der Waals surface area contributed by atoms with E-state index >= 15 is 0 Å². The van der Waals surface area contributed by atoms with E-state index in [1.165, 1.54) is 0 Å². The third-order valence-electron chi connectivity index (χ3n) is 5.20. The summed E-state index contributed by atoms with van der Waals surface area (Å²) in [5.74, 6) is -21.3. The average Bonchev–Trinajstić information content (AvgIpc) is 2.98. The highest BCUT2D eigenvalue weighted by atomic mass is 32.2. The highest BCUT2D eigenvalue weighted by Crippen LogP contribution is 2.52. The summed E-state index contributed by atoms with van der Waals surface area (Å²) >= 11 is 0. The van der Waals surface area contributed by atoms with Gasteiger partial charge in [0.05, 0.1) is 0 Å². The molecule has 2 unspecified atom stereocenters. The molecule has 1 rings (SSSR count). The molecule has 36 heteroatoms. The predicted molar refractivity (Wildman–Crippen MR) is 145 cm³/mol. The molecule has 0 saturated carbocycles. The zero-order valence-corrected chi connectivity index (χ0v) is 29.9. The second-order valence-electron chi connectivity index (χ2n) is 9.33. The Kier molecular flexibility index (Phi) is 15.8. The van der Waals surface area contributed by atoms with Crippen molar-refractivity contribution in [2.45, 2.75) is 36.1 Å². The monoisotopic (exact) mass is 942 g/mol. The molecule has 0 aliphatic carbocycles. The predicted octanol–water partition coefficient (Wildman–Crippen LogP) is 1.93. The fraction of sp³-hybridized carbons (Fsp3) is 0.667. The van der Waals surface area contributed by atoms with Crippen LogP contribution in [0.2, 0.25) is 0 Å². The summed E-state index contributed by atoms with van der Waals surface area (Å²) in [6.45, 7) is 0. The second kappa shape index (κ2) is 17.1. The zero-order chi connectivity index (χ0) is 42.6. The Morgan fingerprint density at radius 3 is 0.741 bits per heavy atom. The number of halogens is 12. The first-order valence-electron chi connectivity index (χ1n) is 12.2. The summed E-state index contributed by atoms with van der Waals surface area (Å²) in [4.78, 5) is 0. The van der Waals surface area contributed by atoms with Crippen LogP contribution in [0.15, 0.2) is 24.3 Å². The SMILES string of the molecule is O=S(=O)(CF)OC(OS(=O)(=O)CF)(OS(=O)(=O)CF)C(c1cccc(C(C(F)(F)F)C(OS(=O)(=O)CF)(OS(=O)(=O)CF)OS(=O)(=O)CF)c1)C(F)(F)F. The van der Waals surface area contributed by atoms with E-state index in [1.54, 1.807) is 0 Å². The molecule has 0 saturated heterocycles. The highest BCUT2D eigenvalue weighted by Gasteiger charge is 2.67. The quantitative estimate of drug-likeness (QED) is 0.0914. The number of rotatable bonds is 22. The minimum atomic E-state index is -6.75. The number of benzene rings is 1. The van der Waals surface area contributed by atoms with Gasteiger partial charge in [0.25, 0.3) is 0 Å². The molecule has 1 aromatic carbocycles. The molecule has 0 amide bonds. The van der Waals surface area contributed by atoms with Crippen molar-refractivity contribution < 1.29 is 128 Å². The standard InChI is InChI=1S/C18H18F12O18S6/c19-5-49(31,32)43-17(44-50(33,34)6-20,45-51(35,36)7-21)13(15(25,26)27)11-2-1-3-12(4-11)14(16(28,29)30)18(46-52(37,38)8-22,47-53(39,40)9-23)48-54(41,42)10-24/h1-4,13-14H,5-10H2. The van der Waals surface area contributed by atoms with Gasteiger partial charge >= 0.3 is 85.0 Å². The minimum absolute atomic E-state index is 0.175. The van der Waals surface area contributed by atoms with Gasteiger partial charge in [-0.15, -0.1) is 0 Å². The van der Waals surface area contributed by atoms with Gasteiger partial charge in [-0.05, 0) is 11.1 Å². The van der Waals surface area contributed by atoms with Crippen LogP contribution < -0.4 is 0 Å². The zero-order valence-electron chi connectivity index (χ0n) is 25.0. The molecular weight excluding hydrogens is 925 g/mol. The van der Waals surface area contributed by atoms with E-state index in [1.807, 2.05) is 0 Å². The second-order valence-corrected chi connectivity index (χ2v) is 18.3. The maximum absolute atomic E-state index is 14.8. The van der Waals surface area contributed by atoms with Gasteiger partial charge in [0.15, 0.2) is 11.8 Å². The molecule has 0 aromatic heterocycles. The Morgan fingerprint density at radius 1 is 0.407 bits per heavy atom. The van der Waals surface area contributed by atoms with Crippen LogP contribution in [0.25, 0.3) is 0 Å². The van der Waals surface area contributed by atoms with Crippen LogP contribution in [-0.4, -0.2) is 111 Å². The fourth-order valence-corrected chi connectivity index (χ4v) is 7.31. The lowest BCUT2D eigenvalue weighted by atomic mass is 9.89. The van der Waals surface area contributed by atoms with Crippen LogP contribution in [0, 0.1) is 0 Å². The maximum atomic E-state index is 14.8. The Morgan fingerprint density at radius 2 is 0.593 bits per heavy atom. The van der Waals surface area contributed by atoms with Crippen molar-refractivity contribution >= 4 is 60.7 Å². The summed E-state index contributed by atoms with van der Waals surface area (Å²) in [6.07, 6.45) is -13.5. The molecule has 0 spiro atoms. The van der Waals surface area contributed by atoms with Crippen LogP contribution in [-0.2, 0) is 85.8 Å². The van der Waals surface area contributed by atoms with Crippen molar-refractivity contribution in [1.29, 1.82) is 0 Å². The molecule has 2 atom stereocenters. The topological polar surface area (TPSA) is 260 Å². The van der Waals surface area contributed by atoms with Crippen molar-refractivity contribution in [3.63, 3.8) is 0 Å². The fourth-order valence-electron chi connectivity index (χ4n) is 3.67. The van der Waals surface area contributed by atoms with E-state index in [9.17, 15) is 103 Å². The van der Waals surface area contributed by atoms with E-state index in [4.69, 9.17) is 0 Å². The van der Waals surface area contributed by atoms with Gasteiger partial charge in [-0.3, -0.25) is 0 Å². The van der Waals surface area contributed by atoms with Crippen molar-refractivity contribution in [1.82, 2.24) is 0 Å². The Balaban J connectivity index is 4.76. The van der Waals surface area contributed by atoms with Crippen LogP contribution in [0.5, 0.6) is 0 Å². The lowest BCUT2D eigenvalue weighted by molar-refractivity contribution is -0.316. The molecule has 0 fully saturated rings. The van der Waals surface area contributed by atoms with E-state index in [0.717, 1.165) is 0 Å². The van der Waals surface area contributed by atoms with Gasteiger partial charge in [0.2, 0.25) is 36.0 Å². The summed E-state index contributed by atoms with van der Waals surface area (Å²) < 4.78 is 333. The molecule has 18 nitrogen and oxygen atoms in total. The van der Waals surface area contributed by atoms with Crippen molar-refractivity contribution in [3.8, 4) is 0 Å². The highest BCUT2D eigenvalue weighted by molar-refractivity contribution is 7.88. The van der Waals surface area contributed by atoms with Gasteiger partial charge in [-0.2, -0.15) is 76.8 Å². The normalized spacial score (nSPS) is 15.9. The van der Waals surface area contributed by atoms with Crippen LogP contribution in [0.1, 0.15) is 23.0 Å². The molecule has 0 heterocycles. The van der Waals surface area contributed by atoms with Crippen molar-refractivity contribution in [2.24, 2.45) is 0 Å². The molecule has 1 aromatic rings. The first-order chi connectivity index (χ1) is 24.1. The number of alkyl halides is 12. The van der Waals surface area contributed by atoms with Gasteiger partial charge in [-0.1, -0.05) is 24.3 Å². The van der Waals surface area contributed by atoms with E-state index in [-0.39, 0.29) is 18.2 Å². The lowest BCUT2D eigenvalue weighted by Gasteiger charge is -2.38. The lowest BCUT2D eigenvalue weighted by Crippen LogP contribution is -2.54. The first-order valence-corrected chi connectivity index (χ1v) is 21.7. The molecule has 0 N–H and O–H groups in total.